The molecule has 2 heterocycles. The van der Waals surface area contributed by atoms with Crippen LogP contribution in [0.5, 0.6) is 5.75 Å². The number of aromatic nitrogens is 2. The van der Waals surface area contributed by atoms with Crippen molar-refractivity contribution >= 4 is 28.0 Å². The molecule has 2 aromatic carbocycles. The summed E-state index contributed by atoms with van der Waals surface area (Å²) < 4.78 is 7.76. The molecular formula is C21H19N3O3. The van der Waals surface area contributed by atoms with Crippen LogP contribution < -0.4 is 4.74 Å². The molecule has 6 heteroatoms. The molecule has 2 aromatic heterocycles. The maximum absolute atomic E-state index is 10.5. The molecule has 4 aromatic rings. The normalized spacial score (nSPS) is 12.8. The van der Waals surface area contributed by atoms with E-state index in [1.165, 1.54) is 6.21 Å². The predicted molar refractivity (Wildman–Crippen MR) is 105 cm³/mol. The molecule has 0 fully saturated rings. The number of aliphatic hydroxyl groups is 1. The molecule has 0 aliphatic carbocycles. The Labute approximate surface area is 156 Å². The maximum atomic E-state index is 10.5. The van der Waals surface area contributed by atoms with Gasteiger partial charge in [-0.25, -0.2) is 0 Å². The van der Waals surface area contributed by atoms with E-state index in [4.69, 9.17) is 9.94 Å². The Morgan fingerprint density at radius 1 is 1.11 bits per heavy atom. The van der Waals surface area contributed by atoms with Crippen LogP contribution in [0.3, 0.4) is 0 Å². The molecule has 1 unspecified atom stereocenters. The van der Waals surface area contributed by atoms with Crippen LogP contribution >= 0.6 is 0 Å². The van der Waals surface area contributed by atoms with Gasteiger partial charge in [-0.3, -0.25) is 4.98 Å². The predicted octanol–water partition coefficient (Wildman–Crippen LogP) is 3.44. The van der Waals surface area contributed by atoms with E-state index in [0.29, 0.717) is 12.3 Å². The van der Waals surface area contributed by atoms with Gasteiger partial charge in [0.05, 0.1) is 12.8 Å². The number of ether oxygens (including phenoxy) is 1. The van der Waals surface area contributed by atoms with Crippen LogP contribution in [-0.4, -0.2) is 38.8 Å². The number of aliphatic hydroxyl groups excluding tert-OH is 1. The number of oxime groups is 1. The summed E-state index contributed by atoms with van der Waals surface area (Å²) in [6, 6.07) is 17.4. The van der Waals surface area contributed by atoms with Crippen LogP contribution in [0.15, 0.2) is 72.1 Å². The molecule has 0 radical (unpaired) electrons. The third kappa shape index (κ3) is 3.47. The molecular weight excluding hydrogens is 342 g/mol. The van der Waals surface area contributed by atoms with Crippen molar-refractivity contribution in [2.75, 3.05) is 6.61 Å². The number of hydrogen-bond acceptors (Lipinski definition) is 5. The van der Waals surface area contributed by atoms with Gasteiger partial charge in [-0.1, -0.05) is 41.6 Å². The summed E-state index contributed by atoms with van der Waals surface area (Å²) in [5.74, 6) is 0.651. The molecule has 6 nitrogen and oxygen atoms in total. The average Bonchev–Trinajstić information content (AvgIpc) is 3.04. The summed E-state index contributed by atoms with van der Waals surface area (Å²) in [4.78, 5) is 4.36. The van der Waals surface area contributed by atoms with Crippen molar-refractivity contribution in [1.29, 1.82) is 0 Å². The molecule has 27 heavy (non-hydrogen) atoms. The maximum Gasteiger partial charge on any atom is 0.145 e. The third-order valence-electron chi connectivity index (χ3n) is 4.45. The van der Waals surface area contributed by atoms with Gasteiger partial charge in [0.1, 0.15) is 24.0 Å². The van der Waals surface area contributed by atoms with Gasteiger partial charge in [0, 0.05) is 34.2 Å². The molecule has 0 spiro atoms. The van der Waals surface area contributed by atoms with Gasteiger partial charge in [-0.15, -0.1) is 0 Å². The Bertz CT molecular complexity index is 1100. The number of rotatable bonds is 6. The SMILES string of the molecule is O/N=C\c1cn(CC(O)COc2cccc3cccnc23)c2ccccc12. The summed E-state index contributed by atoms with van der Waals surface area (Å²) in [6.07, 6.45) is 4.26. The first-order valence-corrected chi connectivity index (χ1v) is 8.66. The zero-order valence-corrected chi connectivity index (χ0v) is 14.6. The molecule has 136 valence electrons. The molecule has 4 rings (SSSR count). The van der Waals surface area contributed by atoms with Gasteiger partial charge in [-0.2, -0.15) is 0 Å². The molecule has 2 N–H and O–H groups in total. The van der Waals surface area contributed by atoms with Crippen molar-refractivity contribution in [3.05, 3.63) is 72.6 Å². The van der Waals surface area contributed by atoms with Crippen molar-refractivity contribution in [3.8, 4) is 5.75 Å². The number of para-hydroxylation sites is 2. The Balaban J connectivity index is 1.51. The summed E-state index contributed by atoms with van der Waals surface area (Å²) >= 11 is 0. The standard InChI is InChI=1S/C21H19N3O3/c25-17(14-27-20-9-3-5-15-6-4-10-22-21(15)20)13-24-12-16(11-23-26)18-7-1-2-8-19(18)24/h1-12,17,25-26H,13-14H2/b23-11-. The monoisotopic (exact) mass is 361 g/mol. The Morgan fingerprint density at radius 2 is 1.96 bits per heavy atom. The van der Waals surface area contributed by atoms with Crippen molar-refractivity contribution in [1.82, 2.24) is 9.55 Å². The minimum atomic E-state index is -0.710. The van der Waals surface area contributed by atoms with Crippen molar-refractivity contribution in [2.24, 2.45) is 5.16 Å². The lowest BCUT2D eigenvalue weighted by Crippen LogP contribution is -2.23. The van der Waals surface area contributed by atoms with E-state index in [0.717, 1.165) is 27.4 Å². The second kappa shape index (κ2) is 7.47. The van der Waals surface area contributed by atoms with E-state index >= 15 is 0 Å². The summed E-state index contributed by atoms with van der Waals surface area (Å²) in [7, 11) is 0. The molecule has 0 bridgehead atoms. The van der Waals surface area contributed by atoms with Crippen LogP contribution in [0.2, 0.25) is 0 Å². The van der Waals surface area contributed by atoms with Crippen molar-refractivity contribution in [2.45, 2.75) is 12.6 Å². The quantitative estimate of drug-likeness (QED) is 0.313. The zero-order valence-electron chi connectivity index (χ0n) is 14.6. The van der Waals surface area contributed by atoms with Crippen LogP contribution in [0.4, 0.5) is 0 Å². The van der Waals surface area contributed by atoms with Gasteiger partial charge < -0.3 is 19.6 Å². The van der Waals surface area contributed by atoms with Gasteiger partial charge in [0.2, 0.25) is 0 Å². The number of benzene rings is 2. The lowest BCUT2D eigenvalue weighted by atomic mass is 10.2. The van der Waals surface area contributed by atoms with Crippen molar-refractivity contribution < 1.29 is 15.1 Å². The fraction of sp³-hybridized carbons (Fsp3) is 0.143. The lowest BCUT2D eigenvalue weighted by Gasteiger charge is -2.15. The number of fused-ring (bicyclic) bond motifs is 2. The van der Waals surface area contributed by atoms with Crippen LogP contribution in [0, 0.1) is 0 Å². The smallest absolute Gasteiger partial charge is 0.145 e. The van der Waals surface area contributed by atoms with E-state index in [-0.39, 0.29) is 6.61 Å². The Morgan fingerprint density at radius 3 is 2.85 bits per heavy atom. The zero-order chi connectivity index (χ0) is 18.6. The highest BCUT2D eigenvalue weighted by atomic mass is 16.5. The third-order valence-corrected chi connectivity index (χ3v) is 4.45. The first kappa shape index (κ1) is 17.1. The van der Waals surface area contributed by atoms with Crippen molar-refractivity contribution in [3.63, 3.8) is 0 Å². The first-order valence-electron chi connectivity index (χ1n) is 8.66. The minimum Gasteiger partial charge on any atom is -0.489 e. The largest absolute Gasteiger partial charge is 0.489 e. The number of hydrogen-bond donors (Lipinski definition) is 2. The first-order chi connectivity index (χ1) is 13.3. The topological polar surface area (TPSA) is 79.9 Å². The lowest BCUT2D eigenvalue weighted by molar-refractivity contribution is 0.0942. The molecule has 1 atom stereocenters. The highest BCUT2D eigenvalue weighted by molar-refractivity contribution is 5.99. The van der Waals surface area contributed by atoms with Crippen LogP contribution in [0.1, 0.15) is 5.56 Å². The fourth-order valence-electron chi connectivity index (χ4n) is 3.25. The van der Waals surface area contributed by atoms with E-state index in [2.05, 4.69) is 10.1 Å². The fourth-order valence-corrected chi connectivity index (χ4v) is 3.25. The summed E-state index contributed by atoms with van der Waals surface area (Å²) in [5, 5.41) is 24.4. The molecule has 0 saturated heterocycles. The van der Waals surface area contributed by atoms with E-state index in [9.17, 15) is 5.11 Å². The summed E-state index contributed by atoms with van der Waals surface area (Å²) in [5.41, 5.74) is 2.53. The van der Waals surface area contributed by atoms with Crippen LogP contribution in [-0.2, 0) is 6.54 Å². The molecule has 0 aliphatic heterocycles. The number of nitrogens with zero attached hydrogens (tertiary/aromatic N) is 3. The Hall–Kier alpha value is -3.38. The molecule has 0 aliphatic rings. The number of pyridine rings is 1. The molecule has 0 amide bonds. The highest BCUT2D eigenvalue weighted by Gasteiger charge is 2.12. The van der Waals surface area contributed by atoms with E-state index < -0.39 is 6.10 Å². The molecule has 0 saturated carbocycles. The Kier molecular flexibility index (Phi) is 4.72. The average molecular weight is 361 g/mol. The second-order valence-corrected chi connectivity index (χ2v) is 6.29. The van der Waals surface area contributed by atoms with Gasteiger partial charge >= 0.3 is 0 Å². The van der Waals surface area contributed by atoms with Gasteiger partial charge in [0.25, 0.3) is 0 Å². The van der Waals surface area contributed by atoms with E-state index in [1.807, 2.05) is 65.4 Å². The second-order valence-electron chi connectivity index (χ2n) is 6.29. The van der Waals surface area contributed by atoms with Crippen LogP contribution in [0.25, 0.3) is 21.8 Å². The minimum absolute atomic E-state index is 0.144. The van der Waals surface area contributed by atoms with Gasteiger partial charge in [0.15, 0.2) is 0 Å². The van der Waals surface area contributed by atoms with E-state index in [1.54, 1.807) is 6.20 Å². The van der Waals surface area contributed by atoms with Gasteiger partial charge in [-0.05, 0) is 18.2 Å². The summed E-state index contributed by atoms with van der Waals surface area (Å²) in [6.45, 7) is 0.504. The highest BCUT2D eigenvalue weighted by Crippen LogP contribution is 2.24.